The summed E-state index contributed by atoms with van der Waals surface area (Å²) in [4.78, 5) is 12.6. The van der Waals surface area contributed by atoms with Crippen LogP contribution >= 0.6 is 0 Å². The average molecular weight is 434 g/mol. The minimum Gasteiger partial charge on any atom is -0.488 e. The Morgan fingerprint density at radius 2 is 2.12 bits per heavy atom. The van der Waals surface area contributed by atoms with Crippen molar-refractivity contribution in [3.63, 3.8) is 0 Å². The Balaban J connectivity index is 1.49. The van der Waals surface area contributed by atoms with Gasteiger partial charge in [-0.05, 0) is 60.3 Å². The van der Waals surface area contributed by atoms with Crippen LogP contribution in [-0.2, 0) is 22.6 Å². The van der Waals surface area contributed by atoms with Crippen LogP contribution in [0.4, 0.5) is 4.39 Å². The number of rotatable bonds is 4. The van der Waals surface area contributed by atoms with Crippen LogP contribution in [-0.4, -0.2) is 37.7 Å². The Morgan fingerprint density at radius 1 is 1.25 bits per heavy atom. The zero-order chi connectivity index (χ0) is 22.5. The summed E-state index contributed by atoms with van der Waals surface area (Å²) in [6.07, 6.45) is 1.17. The SMILES string of the molecule is N#Cc1ccc2c(c1)COc1cc(CC(C#N)NC(=O)[C@@H]3CNCCCCO3)c(F)cc1-2. The number of carbonyl (C=O) groups excluding carboxylic acids is 1. The van der Waals surface area contributed by atoms with E-state index in [0.29, 0.717) is 30.0 Å². The fourth-order valence-corrected chi connectivity index (χ4v) is 3.93. The highest BCUT2D eigenvalue weighted by atomic mass is 19.1. The third kappa shape index (κ3) is 4.72. The second kappa shape index (κ2) is 9.78. The molecule has 0 spiro atoms. The summed E-state index contributed by atoms with van der Waals surface area (Å²) in [5, 5.41) is 24.4. The van der Waals surface area contributed by atoms with Crippen molar-refractivity contribution in [3.8, 4) is 29.0 Å². The number of amides is 1. The van der Waals surface area contributed by atoms with Crippen molar-refractivity contribution in [1.29, 1.82) is 10.5 Å². The van der Waals surface area contributed by atoms with Crippen LogP contribution in [0.5, 0.6) is 5.75 Å². The second-order valence-electron chi connectivity index (χ2n) is 7.88. The third-order valence-corrected chi connectivity index (χ3v) is 5.64. The molecule has 7 nitrogen and oxygen atoms in total. The zero-order valence-corrected chi connectivity index (χ0v) is 17.5. The highest BCUT2D eigenvalue weighted by Gasteiger charge is 2.25. The molecule has 2 aliphatic heterocycles. The lowest BCUT2D eigenvalue weighted by molar-refractivity contribution is -0.133. The van der Waals surface area contributed by atoms with Crippen molar-refractivity contribution in [2.24, 2.45) is 0 Å². The van der Waals surface area contributed by atoms with Crippen LogP contribution in [0.1, 0.15) is 29.5 Å². The van der Waals surface area contributed by atoms with Gasteiger partial charge in [0.15, 0.2) is 0 Å². The number of nitrogens with zero attached hydrogens (tertiary/aromatic N) is 2. The molecule has 1 unspecified atom stereocenters. The van der Waals surface area contributed by atoms with Crippen LogP contribution in [0.2, 0.25) is 0 Å². The second-order valence-corrected chi connectivity index (χ2v) is 7.88. The predicted molar refractivity (Wildman–Crippen MR) is 114 cm³/mol. The van der Waals surface area contributed by atoms with E-state index in [-0.39, 0.29) is 24.5 Å². The minimum atomic E-state index is -0.904. The standard InChI is InChI=1S/C24H23FN4O3/c25-21-10-20-19-4-3-15(11-26)7-17(19)14-32-22(20)9-16(21)8-18(12-27)29-24(30)23-13-28-5-1-2-6-31-23/h3-4,7,9-10,18,23,28H,1-2,5-6,8,13-14H2,(H,29,30)/t18?,23-/m0/s1. The van der Waals surface area contributed by atoms with E-state index >= 15 is 0 Å². The molecule has 32 heavy (non-hydrogen) atoms. The lowest BCUT2D eigenvalue weighted by Gasteiger charge is -2.24. The van der Waals surface area contributed by atoms with E-state index in [9.17, 15) is 14.4 Å². The Hall–Kier alpha value is -3.46. The normalized spacial score (nSPS) is 18.4. The summed E-state index contributed by atoms with van der Waals surface area (Å²) in [5.41, 5.74) is 3.03. The van der Waals surface area contributed by atoms with E-state index in [4.69, 9.17) is 14.7 Å². The first-order chi connectivity index (χ1) is 15.6. The van der Waals surface area contributed by atoms with Gasteiger partial charge in [0.25, 0.3) is 5.91 Å². The van der Waals surface area contributed by atoms with Crippen molar-refractivity contribution in [2.45, 2.75) is 38.0 Å². The van der Waals surface area contributed by atoms with Crippen LogP contribution in [0.15, 0.2) is 30.3 Å². The van der Waals surface area contributed by atoms with Gasteiger partial charge in [0, 0.05) is 25.1 Å². The van der Waals surface area contributed by atoms with Gasteiger partial charge < -0.3 is 20.1 Å². The minimum absolute atomic E-state index is 0.00505. The van der Waals surface area contributed by atoms with Crippen molar-refractivity contribution in [3.05, 3.63) is 52.8 Å². The topological polar surface area (TPSA) is 107 Å². The molecule has 2 N–H and O–H groups in total. The summed E-state index contributed by atoms with van der Waals surface area (Å²) >= 11 is 0. The van der Waals surface area contributed by atoms with Gasteiger partial charge in [0.05, 0.1) is 17.7 Å². The van der Waals surface area contributed by atoms with Gasteiger partial charge in [0.1, 0.15) is 30.3 Å². The lowest BCUT2D eigenvalue weighted by Crippen LogP contribution is -2.47. The molecule has 0 radical (unpaired) electrons. The first-order valence-electron chi connectivity index (χ1n) is 10.6. The van der Waals surface area contributed by atoms with E-state index < -0.39 is 18.0 Å². The smallest absolute Gasteiger partial charge is 0.251 e. The molecule has 0 aliphatic carbocycles. The average Bonchev–Trinajstić information content (AvgIpc) is 2.78. The molecule has 0 aromatic heterocycles. The molecule has 1 amide bonds. The summed E-state index contributed by atoms with van der Waals surface area (Å²) < 4.78 is 26.3. The van der Waals surface area contributed by atoms with Crippen molar-refractivity contribution in [1.82, 2.24) is 10.6 Å². The highest BCUT2D eigenvalue weighted by molar-refractivity contribution is 5.81. The van der Waals surface area contributed by atoms with E-state index in [1.54, 1.807) is 24.3 Å². The van der Waals surface area contributed by atoms with Gasteiger partial charge in [-0.2, -0.15) is 10.5 Å². The molecule has 8 heteroatoms. The first-order valence-corrected chi connectivity index (χ1v) is 10.6. The van der Waals surface area contributed by atoms with Gasteiger partial charge in [-0.1, -0.05) is 6.07 Å². The Labute approximate surface area is 185 Å². The van der Waals surface area contributed by atoms with Crippen molar-refractivity contribution < 1.29 is 18.7 Å². The van der Waals surface area contributed by atoms with E-state index in [0.717, 1.165) is 30.5 Å². The fourth-order valence-electron chi connectivity index (χ4n) is 3.93. The zero-order valence-electron chi connectivity index (χ0n) is 17.5. The number of carbonyl (C=O) groups is 1. The Kier molecular flexibility index (Phi) is 6.65. The maximum absolute atomic E-state index is 14.9. The maximum Gasteiger partial charge on any atom is 0.251 e. The van der Waals surface area contributed by atoms with Crippen LogP contribution in [0.25, 0.3) is 11.1 Å². The van der Waals surface area contributed by atoms with Gasteiger partial charge in [0.2, 0.25) is 0 Å². The number of nitriles is 2. The number of hydrogen-bond acceptors (Lipinski definition) is 6. The first kappa shape index (κ1) is 21.8. The molecule has 2 aliphatic rings. The van der Waals surface area contributed by atoms with Crippen LogP contribution < -0.4 is 15.4 Å². The number of benzene rings is 2. The largest absolute Gasteiger partial charge is 0.488 e. The van der Waals surface area contributed by atoms with Crippen molar-refractivity contribution in [2.75, 3.05) is 19.7 Å². The number of nitrogens with one attached hydrogen (secondary N) is 2. The predicted octanol–water partition coefficient (Wildman–Crippen LogP) is 2.58. The summed E-state index contributed by atoms with van der Waals surface area (Å²) in [5.74, 6) is -0.361. The monoisotopic (exact) mass is 434 g/mol. The molecule has 4 rings (SSSR count). The maximum atomic E-state index is 14.9. The molecule has 1 fully saturated rings. The number of hydrogen-bond donors (Lipinski definition) is 2. The van der Waals surface area contributed by atoms with Crippen LogP contribution in [0.3, 0.4) is 0 Å². The van der Waals surface area contributed by atoms with Crippen molar-refractivity contribution >= 4 is 5.91 Å². The van der Waals surface area contributed by atoms with E-state index in [1.165, 1.54) is 6.07 Å². The third-order valence-electron chi connectivity index (χ3n) is 5.64. The molecule has 2 aromatic rings. The van der Waals surface area contributed by atoms with E-state index in [2.05, 4.69) is 16.7 Å². The van der Waals surface area contributed by atoms with Gasteiger partial charge in [-0.3, -0.25) is 4.79 Å². The number of halogens is 1. The van der Waals surface area contributed by atoms with Gasteiger partial charge >= 0.3 is 0 Å². The molecule has 0 bridgehead atoms. The molecule has 1 saturated heterocycles. The molecule has 2 aromatic carbocycles. The fraction of sp³-hybridized carbons (Fsp3) is 0.375. The number of ether oxygens (including phenoxy) is 2. The molecule has 2 heterocycles. The van der Waals surface area contributed by atoms with Gasteiger partial charge in [-0.15, -0.1) is 0 Å². The Bertz CT molecular complexity index is 1100. The number of fused-ring (bicyclic) bond motifs is 3. The highest BCUT2D eigenvalue weighted by Crippen LogP contribution is 2.39. The molecular weight excluding hydrogens is 411 g/mol. The summed E-state index contributed by atoms with van der Waals surface area (Å²) in [6, 6.07) is 11.4. The quantitative estimate of drug-likeness (QED) is 0.766. The summed E-state index contributed by atoms with van der Waals surface area (Å²) in [7, 11) is 0. The lowest BCUT2D eigenvalue weighted by atomic mass is 9.93. The van der Waals surface area contributed by atoms with Gasteiger partial charge in [-0.25, -0.2) is 4.39 Å². The molecular formula is C24H23FN4O3. The summed E-state index contributed by atoms with van der Waals surface area (Å²) in [6.45, 7) is 1.95. The molecule has 0 saturated carbocycles. The van der Waals surface area contributed by atoms with E-state index in [1.807, 2.05) is 6.07 Å². The van der Waals surface area contributed by atoms with Crippen LogP contribution in [0, 0.1) is 28.5 Å². The molecule has 2 atom stereocenters. The molecule has 164 valence electrons. The Morgan fingerprint density at radius 3 is 2.94 bits per heavy atom.